The number of thiazole rings is 1. The lowest BCUT2D eigenvalue weighted by Gasteiger charge is -2.02. The van der Waals surface area contributed by atoms with Crippen LogP contribution in [0.4, 0.5) is 10.8 Å². The molecule has 0 aliphatic rings. The van der Waals surface area contributed by atoms with Gasteiger partial charge < -0.3 is 5.73 Å². The first-order chi connectivity index (χ1) is 10.1. The molecule has 3 rings (SSSR count). The van der Waals surface area contributed by atoms with Gasteiger partial charge in [0.1, 0.15) is 0 Å². The third kappa shape index (κ3) is 2.92. The second-order valence-corrected chi connectivity index (χ2v) is 5.35. The predicted octanol–water partition coefficient (Wildman–Crippen LogP) is 2.47. The minimum atomic E-state index is -0.285. The molecule has 106 valence electrons. The molecule has 0 saturated carbocycles. The Kier molecular flexibility index (Phi) is 3.41. The molecule has 0 bridgehead atoms. The molecule has 21 heavy (non-hydrogen) atoms. The lowest BCUT2D eigenvalue weighted by atomic mass is 10.3. The van der Waals surface area contributed by atoms with Gasteiger partial charge in [-0.3, -0.25) is 10.1 Å². The number of benzene rings is 1. The van der Waals surface area contributed by atoms with Gasteiger partial charge in [0.15, 0.2) is 10.8 Å². The van der Waals surface area contributed by atoms with E-state index in [-0.39, 0.29) is 5.91 Å². The normalized spacial score (nSPS) is 10.5. The molecular weight excluding hydrogens is 286 g/mol. The first-order valence-corrected chi connectivity index (χ1v) is 7.15. The number of nitrogens with zero attached hydrogens (tertiary/aromatic N) is 3. The van der Waals surface area contributed by atoms with Crippen LogP contribution >= 0.6 is 11.3 Å². The zero-order valence-electron chi connectivity index (χ0n) is 11.3. The number of nitrogens with one attached hydrogen (secondary N) is 1. The summed E-state index contributed by atoms with van der Waals surface area (Å²) in [6.45, 7) is 1.88. The van der Waals surface area contributed by atoms with Crippen LogP contribution < -0.4 is 11.1 Å². The van der Waals surface area contributed by atoms with Crippen molar-refractivity contribution in [3.05, 3.63) is 53.3 Å². The van der Waals surface area contributed by atoms with Gasteiger partial charge >= 0.3 is 0 Å². The first kappa shape index (κ1) is 13.3. The molecule has 0 aliphatic heterocycles. The Balaban J connectivity index is 1.80. The zero-order valence-corrected chi connectivity index (χ0v) is 12.1. The second-order valence-electron chi connectivity index (χ2n) is 4.49. The van der Waals surface area contributed by atoms with Crippen LogP contribution in [0.25, 0.3) is 5.69 Å². The van der Waals surface area contributed by atoms with Crippen LogP contribution in [0.2, 0.25) is 0 Å². The Morgan fingerprint density at radius 2 is 2.24 bits per heavy atom. The van der Waals surface area contributed by atoms with E-state index in [4.69, 9.17) is 5.73 Å². The molecule has 7 heteroatoms. The van der Waals surface area contributed by atoms with E-state index in [0.29, 0.717) is 16.5 Å². The lowest BCUT2D eigenvalue weighted by Crippen LogP contribution is -2.13. The molecule has 0 saturated heterocycles. The fraction of sp³-hybridized carbons (Fsp3) is 0.0714. The number of hydrogen-bond donors (Lipinski definition) is 2. The molecule has 0 aliphatic carbocycles. The van der Waals surface area contributed by atoms with Gasteiger partial charge in [0.25, 0.3) is 5.91 Å². The van der Waals surface area contributed by atoms with Crippen molar-refractivity contribution in [1.82, 2.24) is 14.8 Å². The number of carbonyl (C=O) groups excluding carboxylic acids is 1. The van der Waals surface area contributed by atoms with E-state index in [1.54, 1.807) is 29.1 Å². The van der Waals surface area contributed by atoms with E-state index in [0.717, 1.165) is 11.4 Å². The quantitative estimate of drug-likeness (QED) is 0.727. The van der Waals surface area contributed by atoms with E-state index < -0.39 is 0 Å². The van der Waals surface area contributed by atoms with E-state index >= 15 is 0 Å². The van der Waals surface area contributed by atoms with E-state index in [2.05, 4.69) is 15.4 Å². The molecule has 1 aromatic carbocycles. The van der Waals surface area contributed by atoms with Gasteiger partial charge in [-0.05, 0) is 31.2 Å². The van der Waals surface area contributed by atoms with Crippen LogP contribution in [0.5, 0.6) is 0 Å². The Hall–Kier alpha value is -2.67. The molecule has 0 radical (unpaired) electrons. The number of aryl methyl sites for hydroxylation is 1. The SMILES string of the molecule is Cc1csc(NC(=O)c2ccn(-c3cccc(N)c3)n2)n1. The molecule has 3 aromatic rings. The van der Waals surface area contributed by atoms with Gasteiger partial charge in [-0.1, -0.05) is 6.07 Å². The Bertz CT molecular complexity index is 792. The van der Waals surface area contributed by atoms with Crippen molar-refractivity contribution in [2.75, 3.05) is 11.1 Å². The van der Waals surface area contributed by atoms with Crippen molar-refractivity contribution in [3.8, 4) is 5.69 Å². The van der Waals surface area contributed by atoms with E-state index in [9.17, 15) is 4.79 Å². The minimum Gasteiger partial charge on any atom is -0.399 e. The van der Waals surface area contributed by atoms with Crippen LogP contribution in [0.15, 0.2) is 41.9 Å². The molecule has 0 unspecified atom stereocenters. The van der Waals surface area contributed by atoms with Crippen LogP contribution in [0.1, 0.15) is 16.2 Å². The van der Waals surface area contributed by atoms with Gasteiger partial charge in [-0.25, -0.2) is 9.67 Å². The molecular formula is C14H13N5OS. The Morgan fingerprint density at radius 1 is 1.38 bits per heavy atom. The maximum Gasteiger partial charge on any atom is 0.277 e. The molecule has 0 atom stereocenters. The monoisotopic (exact) mass is 299 g/mol. The second kappa shape index (κ2) is 5.37. The maximum absolute atomic E-state index is 12.1. The summed E-state index contributed by atoms with van der Waals surface area (Å²) in [4.78, 5) is 16.3. The summed E-state index contributed by atoms with van der Waals surface area (Å²) >= 11 is 1.38. The number of amides is 1. The smallest absolute Gasteiger partial charge is 0.277 e. The molecule has 0 spiro atoms. The molecule has 0 fully saturated rings. The van der Waals surface area contributed by atoms with Gasteiger partial charge in [0, 0.05) is 17.3 Å². The standard InChI is InChI=1S/C14H13N5OS/c1-9-8-21-14(16-9)17-13(20)12-5-6-19(18-12)11-4-2-3-10(15)7-11/h2-8H,15H2,1H3,(H,16,17,20). The van der Waals surface area contributed by atoms with Crippen LogP contribution in [0.3, 0.4) is 0 Å². The highest BCUT2D eigenvalue weighted by Gasteiger charge is 2.12. The molecule has 2 heterocycles. The van der Waals surface area contributed by atoms with Gasteiger partial charge in [-0.15, -0.1) is 11.3 Å². The molecule has 3 N–H and O–H groups in total. The van der Waals surface area contributed by atoms with Crippen molar-refractivity contribution in [1.29, 1.82) is 0 Å². The number of nitrogens with two attached hydrogens (primary N) is 1. The number of nitrogen functional groups attached to an aromatic ring is 1. The van der Waals surface area contributed by atoms with Crippen LogP contribution in [0, 0.1) is 6.92 Å². The predicted molar refractivity (Wildman–Crippen MR) is 82.8 cm³/mol. The number of hydrogen-bond acceptors (Lipinski definition) is 5. The van der Waals surface area contributed by atoms with E-state index in [1.807, 2.05) is 24.4 Å². The van der Waals surface area contributed by atoms with Crippen molar-refractivity contribution in [2.45, 2.75) is 6.92 Å². The Morgan fingerprint density at radius 3 is 2.95 bits per heavy atom. The third-order valence-corrected chi connectivity index (χ3v) is 3.67. The highest BCUT2D eigenvalue weighted by molar-refractivity contribution is 7.13. The summed E-state index contributed by atoms with van der Waals surface area (Å²) in [6, 6.07) is 8.95. The summed E-state index contributed by atoms with van der Waals surface area (Å²) in [5, 5.41) is 9.42. The van der Waals surface area contributed by atoms with Gasteiger partial charge in [0.2, 0.25) is 0 Å². The summed E-state index contributed by atoms with van der Waals surface area (Å²) in [6.07, 6.45) is 1.72. The highest BCUT2D eigenvalue weighted by Crippen LogP contribution is 2.16. The van der Waals surface area contributed by atoms with Gasteiger partial charge in [0.05, 0.1) is 11.4 Å². The number of carbonyl (C=O) groups is 1. The molecule has 1 amide bonds. The average molecular weight is 299 g/mol. The Labute approximate surface area is 125 Å². The first-order valence-electron chi connectivity index (χ1n) is 6.27. The number of rotatable bonds is 3. The minimum absolute atomic E-state index is 0.285. The maximum atomic E-state index is 12.1. The average Bonchev–Trinajstić information content (AvgIpc) is 3.08. The summed E-state index contributed by atoms with van der Waals surface area (Å²) in [5.74, 6) is -0.285. The fourth-order valence-corrected chi connectivity index (χ4v) is 2.51. The number of aromatic nitrogens is 3. The van der Waals surface area contributed by atoms with Crippen molar-refractivity contribution in [3.63, 3.8) is 0 Å². The summed E-state index contributed by atoms with van der Waals surface area (Å²) in [7, 11) is 0. The molecule has 6 nitrogen and oxygen atoms in total. The third-order valence-electron chi connectivity index (χ3n) is 2.80. The fourth-order valence-electron chi connectivity index (χ4n) is 1.83. The lowest BCUT2D eigenvalue weighted by molar-refractivity contribution is 0.102. The number of anilines is 2. The van der Waals surface area contributed by atoms with Crippen LogP contribution in [-0.2, 0) is 0 Å². The summed E-state index contributed by atoms with van der Waals surface area (Å²) < 4.78 is 1.61. The topological polar surface area (TPSA) is 85.8 Å². The van der Waals surface area contributed by atoms with E-state index in [1.165, 1.54) is 11.3 Å². The largest absolute Gasteiger partial charge is 0.399 e. The molecule has 2 aromatic heterocycles. The van der Waals surface area contributed by atoms with Crippen LogP contribution in [-0.4, -0.2) is 20.7 Å². The zero-order chi connectivity index (χ0) is 14.8. The highest BCUT2D eigenvalue weighted by atomic mass is 32.1. The van der Waals surface area contributed by atoms with Crippen molar-refractivity contribution < 1.29 is 4.79 Å². The summed E-state index contributed by atoms with van der Waals surface area (Å²) in [5.41, 5.74) is 8.39. The van der Waals surface area contributed by atoms with Crippen molar-refractivity contribution in [2.24, 2.45) is 0 Å². The van der Waals surface area contributed by atoms with Crippen molar-refractivity contribution >= 4 is 28.1 Å². The van der Waals surface area contributed by atoms with Gasteiger partial charge in [-0.2, -0.15) is 5.10 Å².